The van der Waals surface area contributed by atoms with E-state index in [0.717, 1.165) is 48.5 Å². The number of fused-ring (bicyclic) bond motifs is 3. The van der Waals surface area contributed by atoms with Crippen LogP contribution in [0.5, 0.6) is 0 Å². The standard InChI is InChI=1S/C26H38N8O4/c1-15(2)22(30-26(36)37)25(35)28-11-7-6-10-27-23-24-32-31-18(5)34(24)21-9-8-19(12-20(21)29-23)33-13-16(3)38-17(4)14-33/h8-9,12,15-17,22,30H,6-7,10-11,13-14H2,1-5H3,(H,27,29)(H,28,35)(H,36,37). The smallest absolute Gasteiger partial charge is 0.405 e. The number of ether oxygens (including phenoxy) is 1. The third-order valence-corrected chi connectivity index (χ3v) is 6.68. The van der Waals surface area contributed by atoms with E-state index in [-0.39, 0.29) is 24.0 Å². The predicted octanol–water partition coefficient (Wildman–Crippen LogP) is 2.80. The number of amides is 2. The molecule has 3 heterocycles. The maximum Gasteiger partial charge on any atom is 0.405 e. The van der Waals surface area contributed by atoms with Crippen LogP contribution < -0.4 is 20.9 Å². The molecular formula is C26H38N8O4. The lowest BCUT2D eigenvalue weighted by Crippen LogP contribution is -2.49. The molecule has 0 saturated carbocycles. The molecule has 12 nitrogen and oxygen atoms in total. The van der Waals surface area contributed by atoms with Gasteiger partial charge in [-0.1, -0.05) is 13.8 Å². The molecule has 2 aromatic heterocycles. The van der Waals surface area contributed by atoms with Crippen LogP contribution in [0.1, 0.15) is 46.4 Å². The Labute approximate surface area is 222 Å². The summed E-state index contributed by atoms with van der Waals surface area (Å²) in [5.41, 5.74) is 3.58. The van der Waals surface area contributed by atoms with Gasteiger partial charge in [0, 0.05) is 31.9 Å². The van der Waals surface area contributed by atoms with Crippen molar-refractivity contribution >= 4 is 40.2 Å². The molecule has 3 atom stereocenters. The molecule has 38 heavy (non-hydrogen) atoms. The first kappa shape index (κ1) is 27.4. The van der Waals surface area contributed by atoms with Gasteiger partial charge in [-0.15, -0.1) is 10.2 Å². The minimum absolute atomic E-state index is 0.142. The number of morpholine rings is 1. The normalized spacial score (nSPS) is 18.6. The lowest BCUT2D eigenvalue weighted by atomic mass is 10.0. The van der Waals surface area contributed by atoms with Crippen LogP contribution in [0, 0.1) is 12.8 Å². The zero-order chi connectivity index (χ0) is 27.4. The second kappa shape index (κ2) is 11.8. The zero-order valence-corrected chi connectivity index (χ0v) is 22.7. The summed E-state index contributed by atoms with van der Waals surface area (Å²) in [4.78, 5) is 30.5. The quantitative estimate of drug-likeness (QED) is 0.293. The van der Waals surface area contributed by atoms with Crippen molar-refractivity contribution < 1.29 is 19.4 Å². The first-order valence-corrected chi connectivity index (χ1v) is 13.2. The van der Waals surface area contributed by atoms with E-state index in [2.05, 4.69) is 63.1 Å². The predicted molar refractivity (Wildman–Crippen MR) is 146 cm³/mol. The van der Waals surface area contributed by atoms with Crippen LogP contribution in [0.25, 0.3) is 16.7 Å². The molecule has 0 bridgehead atoms. The average Bonchev–Trinajstić information content (AvgIpc) is 3.25. The number of aromatic nitrogens is 4. The number of nitrogens with zero attached hydrogens (tertiary/aromatic N) is 5. The number of carboxylic acid groups (broad SMARTS) is 1. The number of carbonyl (C=O) groups is 2. The highest BCUT2D eigenvalue weighted by Gasteiger charge is 2.24. The summed E-state index contributed by atoms with van der Waals surface area (Å²) in [6.45, 7) is 12.5. The van der Waals surface area contributed by atoms with E-state index in [1.54, 1.807) is 13.8 Å². The Balaban J connectivity index is 1.41. The lowest BCUT2D eigenvalue weighted by molar-refractivity contribution is -0.124. The van der Waals surface area contributed by atoms with E-state index in [4.69, 9.17) is 14.8 Å². The van der Waals surface area contributed by atoms with Gasteiger partial charge in [0.15, 0.2) is 5.82 Å². The van der Waals surface area contributed by atoms with Gasteiger partial charge >= 0.3 is 6.09 Å². The van der Waals surface area contributed by atoms with E-state index in [0.29, 0.717) is 24.6 Å². The van der Waals surface area contributed by atoms with Gasteiger partial charge in [-0.3, -0.25) is 9.20 Å². The van der Waals surface area contributed by atoms with Gasteiger partial charge in [-0.05, 0) is 57.7 Å². The maximum atomic E-state index is 12.3. The first-order chi connectivity index (χ1) is 18.1. The average molecular weight is 527 g/mol. The number of carbonyl (C=O) groups excluding carboxylic acids is 1. The fourth-order valence-corrected chi connectivity index (χ4v) is 4.92. The van der Waals surface area contributed by atoms with Crippen LogP contribution in [0.3, 0.4) is 0 Å². The highest BCUT2D eigenvalue weighted by atomic mass is 16.5. The van der Waals surface area contributed by atoms with Gasteiger partial charge in [0.2, 0.25) is 11.6 Å². The van der Waals surface area contributed by atoms with Crippen LogP contribution in [0.15, 0.2) is 18.2 Å². The number of hydrogen-bond acceptors (Lipinski definition) is 8. The third-order valence-electron chi connectivity index (χ3n) is 6.68. The Hall–Kier alpha value is -3.67. The number of hydrogen-bond donors (Lipinski definition) is 4. The molecule has 1 fully saturated rings. The van der Waals surface area contributed by atoms with Crippen molar-refractivity contribution in [2.24, 2.45) is 5.92 Å². The zero-order valence-electron chi connectivity index (χ0n) is 22.7. The van der Waals surface area contributed by atoms with Gasteiger partial charge in [0.1, 0.15) is 11.9 Å². The number of anilines is 2. The van der Waals surface area contributed by atoms with Crippen LogP contribution >= 0.6 is 0 Å². The van der Waals surface area contributed by atoms with E-state index in [1.165, 1.54) is 0 Å². The third kappa shape index (κ3) is 6.24. The molecule has 2 amide bonds. The SMILES string of the molecule is Cc1nnc2c(NCCCCNC(=O)C(NC(=O)O)C(C)C)nc3cc(N4CC(C)OC(C)C4)ccc3n12. The second-order valence-electron chi connectivity index (χ2n) is 10.3. The summed E-state index contributed by atoms with van der Waals surface area (Å²) in [5, 5.41) is 26.1. The molecule has 1 aliphatic heterocycles. The van der Waals surface area contributed by atoms with Gasteiger partial charge in [0.05, 0.1) is 23.2 Å². The van der Waals surface area contributed by atoms with E-state index in [1.807, 2.05) is 11.3 Å². The number of aryl methyl sites for hydroxylation is 1. The first-order valence-electron chi connectivity index (χ1n) is 13.2. The van der Waals surface area contributed by atoms with E-state index in [9.17, 15) is 9.59 Å². The topological polar surface area (TPSA) is 146 Å². The number of rotatable bonds is 10. The van der Waals surface area contributed by atoms with Gasteiger partial charge < -0.3 is 30.7 Å². The Kier molecular flexibility index (Phi) is 8.50. The molecule has 1 aliphatic rings. The van der Waals surface area contributed by atoms with Crippen molar-refractivity contribution in [3.63, 3.8) is 0 Å². The minimum Gasteiger partial charge on any atom is -0.465 e. The molecule has 12 heteroatoms. The summed E-state index contributed by atoms with van der Waals surface area (Å²) in [6, 6.07) is 5.52. The van der Waals surface area contributed by atoms with Crippen LogP contribution in [-0.2, 0) is 9.53 Å². The van der Waals surface area contributed by atoms with Crippen molar-refractivity contribution in [3.8, 4) is 0 Å². The largest absolute Gasteiger partial charge is 0.465 e. The number of benzene rings is 1. The second-order valence-corrected chi connectivity index (χ2v) is 10.3. The number of nitrogens with one attached hydrogen (secondary N) is 3. The van der Waals surface area contributed by atoms with Crippen LogP contribution in [-0.4, -0.2) is 81.1 Å². The molecule has 3 aromatic rings. The van der Waals surface area contributed by atoms with Gasteiger partial charge in [0.25, 0.3) is 0 Å². The van der Waals surface area contributed by atoms with Crippen molar-refractivity contribution in [2.45, 2.75) is 65.7 Å². The highest BCUT2D eigenvalue weighted by molar-refractivity contribution is 5.86. The Morgan fingerprint density at radius 3 is 2.53 bits per heavy atom. The Bertz CT molecular complexity index is 1280. The van der Waals surface area contributed by atoms with Crippen molar-refractivity contribution in [3.05, 3.63) is 24.0 Å². The lowest BCUT2D eigenvalue weighted by Gasteiger charge is -2.36. The van der Waals surface area contributed by atoms with Crippen LogP contribution in [0.2, 0.25) is 0 Å². The molecule has 1 aromatic carbocycles. The summed E-state index contributed by atoms with van der Waals surface area (Å²) >= 11 is 0. The Morgan fingerprint density at radius 1 is 1.13 bits per heavy atom. The molecular weight excluding hydrogens is 488 g/mol. The highest BCUT2D eigenvalue weighted by Crippen LogP contribution is 2.27. The van der Waals surface area contributed by atoms with E-state index >= 15 is 0 Å². The van der Waals surface area contributed by atoms with E-state index < -0.39 is 12.1 Å². The maximum absolute atomic E-state index is 12.3. The molecule has 0 spiro atoms. The van der Waals surface area contributed by atoms with Crippen molar-refractivity contribution in [1.82, 2.24) is 30.2 Å². The van der Waals surface area contributed by atoms with Crippen LogP contribution in [0.4, 0.5) is 16.3 Å². The van der Waals surface area contributed by atoms with Gasteiger partial charge in [-0.25, -0.2) is 9.78 Å². The van der Waals surface area contributed by atoms with Crippen molar-refractivity contribution in [1.29, 1.82) is 0 Å². The Morgan fingerprint density at radius 2 is 1.84 bits per heavy atom. The molecule has 0 radical (unpaired) electrons. The van der Waals surface area contributed by atoms with Crippen molar-refractivity contribution in [2.75, 3.05) is 36.4 Å². The molecule has 206 valence electrons. The minimum atomic E-state index is -1.21. The van der Waals surface area contributed by atoms with Gasteiger partial charge in [-0.2, -0.15) is 0 Å². The summed E-state index contributed by atoms with van der Waals surface area (Å²) in [7, 11) is 0. The summed E-state index contributed by atoms with van der Waals surface area (Å²) < 4.78 is 7.91. The fraction of sp³-hybridized carbons (Fsp3) is 0.577. The molecule has 4 rings (SSSR count). The molecule has 4 N–H and O–H groups in total. The summed E-state index contributed by atoms with van der Waals surface area (Å²) in [6.07, 6.45) is 0.626. The fourth-order valence-electron chi connectivity index (χ4n) is 4.92. The molecule has 0 aliphatic carbocycles. The monoisotopic (exact) mass is 526 g/mol. The summed E-state index contributed by atoms with van der Waals surface area (Å²) in [5.74, 6) is 0.992. The molecule has 3 unspecified atom stereocenters. The number of unbranched alkanes of at least 4 members (excludes halogenated alkanes) is 1. The molecule has 1 saturated heterocycles.